The van der Waals surface area contributed by atoms with E-state index in [2.05, 4.69) is 19.1 Å². The standard InChI is InChI=1S/C20H26O3/c1-12(21)23-14-4-6-15-13(11-14)3-5-17-16(15)9-10-20(2)18(17)7-8-19(20)22/h4,6,11,16-19,22H,3,5,7-10H2,1-2H3/t16-,17-,18+,19-,20+/m1/s1. The van der Waals surface area contributed by atoms with Crippen LogP contribution in [0.2, 0.25) is 0 Å². The molecule has 0 saturated heterocycles. The van der Waals surface area contributed by atoms with E-state index in [1.54, 1.807) is 0 Å². The summed E-state index contributed by atoms with van der Waals surface area (Å²) in [6.07, 6.45) is 6.62. The number of ether oxygens (including phenoxy) is 1. The van der Waals surface area contributed by atoms with E-state index in [9.17, 15) is 9.90 Å². The molecular formula is C20H26O3. The molecule has 3 aliphatic carbocycles. The molecule has 23 heavy (non-hydrogen) atoms. The average Bonchev–Trinajstić information content (AvgIpc) is 2.82. The summed E-state index contributed by atoms with van der Waals surface area (Å²) in [4.78, 5) is 11.2. The van der Waals surface area contributed by atoms with Crippen molar-refractivity contribution in [1.29, 1.82) is 0 Å². The number of aliphatic hydroxyl groups excluding tert-OH is 1. The second-order valence-electron chi connectivity index (χ2n) is 8.01. The summed E-state index contributed by atoms with van der Waals surface area (Å²) in [5.41, 5.74) is 2.95. The fraction of sp³-hybridized carbons (Fsp3) is 0.650. The van der Waals surface area contributed by atoms with E-state index in [4.69, 9.17) is 4.74 Å². The molecule has 124 valence electrons. The molecule has 0 radical (unpaired) electrons. The highest BCUT2D eigenvalue weighted by atomic mass is 16.5. The number of carbonyl (C=O) groups excluding carboxylic acids is 1. The molecule has 0 spiro atoms. The van der Waals surface area contributed by atoms with E-state index < -0.39 is 0 Å². The first kappa shape index (κ1) is 15.2. The predicted octanol–water partition coefficient (Wildman–Crippen LogP) is 3.83. The minimum absolute atomic E-state index is 0.110. The molecule has 0 unspecified atom stereocenters. The number of aryl methyl sites for hydroxylation is 1. The molecule has 3 nitrogen and oxygen atoms in total. The minimum Gasteiger partial charge on any atom is -0.427 e. The molecule has 0 amide bonds. The van der Waals surface area contributed by atoms with Crippen molar-refractivity contribution < 1.29 is 14.6 Å². The van der Waals surface area contributed by atoms with Gasteiger partial charge in [-0.1, -0.05) is 13.0 Å². The molecule has 5 atom stereocenters. The SMILES string of the molecule is CC(=O)Oc1ccc2c(c1)CC[C@@H]1[C@@H]2CC[C@]2(C)[C@H](O)CC[C@@H]12. The van der Waals surface area contributed by atoms with Gasteiger partial charge < -0.3 is 9.84 Å². The molecule has 1 N–H and O–H groups in total. The summed E-state index contributed by atoms with van der Waals surface area (Å²) in [5.74, 6) is 2.41. The van der Waals surface area contributed by atoms with Gasteiger partial charge in [0.05, 0.1) is 6.10 Å². The maximum absolute atomic E-state index is 11.2. The minimum atomic E-state index is -0.257. The molecule has 4 rings (SSSR count). The van der Waals surface area contributed by atoms with Crippen LogP contribution in [0.25, 0.3) is 0 Å². The van der Waals surface area contributed by atoms with Gasteiger partial charge in [-0.15, -0.1) is 0 Å². The van der Waals surface area contributed by atoms with Crippen LogP contribution >= 0.6 is 0 Å². The number of esters is 1. The summed E-state index contributed by atoms with van der Waals surface area (Å²) >= 11 is 0. The first-order valence-electron chi connectivity index (χ1n) is 8.98. The highest BCUT2D eigenvalue weighted by Gasteiger charge is 2.54. The lowest BCUT2D eigenvalue weighted by atomic mass is 9.55. The van der Waals surface area contributed by atoms with Crippen molar-refractivity contribution in [2.24, 2.45) is 17.3 Å². The van der Waals surface area contributed by atoms with Crippen molar-refractivity contribution in [2.75, 3.05) is 0 Å². The Kier molecular flexibility index (Phi) is 3.53. The first-order chi connectivity index (χ1) is 11.0. The van der Waals surface area contributed by atoms with Gasteiger partial charge in [0, 0.05) is 6.92 Å². The normalized spacial score (nSPS) is 38.4. The molecular weight excluding hydrogens is 288 g/mol. The van der Waals surface area contributed by atoms with Crippen LogP contribution in [0, 0.1) is 17.3 Å². The summed E-state index contributed by atoms with van der Waals surface area (Å²) in [6, 6.07) is 6.18. The van der Waals surface area contributed by atoms with E-state index in [1.165, 1.54) is 37.3 Å². The zero-order chi connectivity index (χ0) is 16.2. The number of rotatable bonds is 1. The largest absolute Gasteiger partial charge is 0.427 e. The molecule has 0 bridgehead atoms. The zero-order valence-electron chi connectivity index (χ0n) is 14.0. The lowest BCUT2D eigenvalue weighted by Crippen LogP contribution is -2.43. The van der Waals surface area contributed by atoms with E-state index >= 15 is 0 Å². The Morgan fingerprint density at radius 2 is 2.09 bits per heavy atom. The molecule has 2 fully saturated rings. The third-order valence-electron chi connectivity index (χ3n) is 6.91. The molecule has 3 heteroatoms. The molecule has 1 aromatic rings. The third-order valence-corrected chi connectivity index (χ3v) is 6.91. The van der Waals surface area contributed by atoms with Crippen molar-refractivity contribution >= 4 is 5.97 Å². The highest BCUT2D eigenvalue weighted by molar-refractivity contribution is 5.69. The van der Waals surface area contributed by atoms with E-state index in [0.717, 1.165) is 19.3 Å². The second-order valence-corrected chi connectivity index (χ2v) is 8.01. The van der Waals surface area contributed by atoms with Gasteiger partial charge in [0.15, 0.2) is 0 Å². The lowest BCUT2D eigenvalue weighted by molar-refractivity contribution is -0.131. The number of fused-ring (bicyclic) bond motifs is 5. The number of benzene rings is 1. The molecule has 0 aromatic heterocycles. The Bertz CT molecular complexity index is 638. The van der Waals surface area contributed by atoms with Gasteiger partial charge in [-0.2, -0.15) is 0 Å². The quantitative estimate of drug-likeness (QED) is 0.633. The Morgan fingerprint density at radius 1 is 1.26 bits per heavy atom. The summed E-state index contributed by atoms with van der Waals surface area (Å²) in [6.45, 7) is 3.76. The van der Waals surface area contributed by atoms with Gasteiger partial charge in [0.2, 0.25) is 0 Å². The average molecular weight is 314 g/mol. The number of carbonyl (C=O) groups is 1. The fourth-order valence-electron chi connectivity index (χ4n) is 5.76. The van der Waals surface area contributed by atoms with E-state index in [-0.39, 0.29) is 17.5 Å². The van der Waals surface area contributed by atoms with Crippen molar-refractivity contribution in [2.45, 2.75) is 64.4 Å². The van der Waals surface area contributed by atoms with Gasteiger partial charge in [0.1, 0.15) is 5.75 Å². The monoisotopic (exact) mass is 314 g/mol. The summed E-state index contributed by atoms with van der Waals surface area (Å²) in [7, 11) is 0. The van der Waals surface area contributed by atoms with Crippen LogP contribution < -0.4 is 4.74 Å². The second kappa shape index (κ2) is 5.34. The van der Waals surface area contributed by atoms with Gasteiger partial charge >= 0.3 is 5.97 Å². The highest BCUT2D eigenvalue weighted by Crippen LogP contribution is 2.60. The van der Waals surface area contributed by atoms with Crippen molar-refractivity contribution in [1.82, 2.24) is 0 Å². The third kappa shape index (κ3) is 2.32. The van der Waals surface area contributed by atoms with Gasteiger partial charge in [0.25, 0.3) is 0 Å². The summed E-state index contributed by atoms with van der Waals surface area (Å²) < 4.78 is 5.24. The Hall–Kier alpha value is -1.35. The van der Waals surface area contributed by atoms with Gasteiger partial charge in [-0.25, -0.2) is 0 Å². The van der Waals surface area contributed by atoms with Crippen LogP contribution in [0.4, 0.5) is 0 Å². The van der Waals surface area contributed by atoms with Gasteiger partial charge in [-0.05, 0) is 85.0 Å². The smallest absolute Gasteiger partial charge is 0.308 e. The lowest BCUT2D eigenvalue weighted by Gasteiger charge is -2.50. The molecule has 3 aliphatic rings. The maximum atomic E-state index is 11.2. The van der Waals surface area contributed by atoms with Crippen LogP contribution in [0.5, 0.6) is 5.75 Å². The van der Waals surface area contributed by atoms with Crippen molar-refractivity contribution in [3.05, 3.63) is 29.3 Å². The summed E-state index contributed by atoms with van der Waals surface area (Å²) in [5, 5.41) is 10.4. The topological polar surface area (TPSA) is 46.5 Å². The van der Waals surface area contributed by atoms with E-state index in [0.29, 0.717) is 23.5 Å². The van der Waals surface area contributed by atoms with Crippen molar-refractivity contribution in [3.63, 3.8) is 0 Å². The molecule has 2 saturated carbocycles. The Morgan fingerprint density at radius 3 is 2.87 bits per heavy atom. The predicted molar refractivity (Wildman–Crippen MR) is 88.4 cm³/mol. The Labute approximate surface area is 138 Å². The van der Waals surface area contributed by atoms with Crippen LogP contribution in [0.15, 0.2) is 18.2 Å². The zero-order valence-corrected chi connectivity index (χ0v) is 14.0. The fourth-order valence-corrected chi connectivity index (χ4v) is 5.76. The number of hydrogen-bond acceptors (Lipinski definition) is 3. The van der Waals surface area contributed by atoms with Crippen LogP contribution in [0.1, 0.15) is 63.0 Å². The molecule has 1 aromatic carbocycles. The first-order valence-corrected chi connectivity index (χ1v) is 8.98. The van der Waals surface area contributed by atoms with Crippen LogP contribution in [-0.2, 0) is 11.2 Å². The number of hydrogen-bond donors (Lipinski definition) is 1. The number of aliphatic hydroxyl groups is 1. The van der Waals surface area contributed by atoms with Gasteiger partial charge in [-0.3, -0.25) is 4.79 Å². The Balaban J connectivity index is 1.63. The molecule has 0 heterocycles. The molecule has 0 aliphatic heterocycles. The van der Waals surface area contributed by atoms with Crippen LogP contribution in [0.3, 0.4) is 0 Å². The van der Waals surface area contributed by atoms with Crippen molar-refractivity contribution in [3.8, 4) is 5.75 Å². The van der Waals surface area contributed by atoms with Crippen LogP contribution in [-0.4, -0.2) is 17.2 Å². The van der Waals surface area contributed by atoms with E-state index in [1.807, 2.05) is 6.07 Å². The maximum Gasteiger partial charge on any atom is 0.308 e.